The monoisotopic (exact) mass is 577 g/mol. The van der Waals surface area contributed by atoms with Gasteiger partial charge in [0, 0.05) is 24.2 Å². The number of nitrogens with zero attached hydrogens (tertiary/aromatic N) is 2. The van der Waals surface area contributed by atoms with E-state index in [4.69, 9.17) is 30.1 Å². The minimum absolute atomic E-state index is 0.0965. The lowest BCUT2D eigenvalue weighted by Crippen LogP contribution is -2.42. The highest BCUT2D eigenvalue weighted by Gasteiger charge is 2.59. The molecule has 0 bridgehead atoms. The Kier molecular flexibility index (Phi) is 9.24. The summed E-state index contributed by atoms with van der Waals surface area (Å²) >= 11 is 6.03. The second-order valence-corrected chi connectivity index (χ2v) is 11.4. The first-order valence-electron chi connectivity index (χ1n) is 12.4. The van der Waals surface area contributed by atoms with Crippen molar-refractivity contribution >= 4 is 25.2 Å². The summed E-state index contributed by atoms with van der Waals surface area (Å²) < 4.78 is 65.3. The Balaban J connectivity index is 1.44. The van der Waals surface area contributed by atoms with Crippen LogP contribution in [0.15, 0.2) is 41.3 Å². The summed E-state index contributed by atoms with van der Waals surface area (Å²) in [6.45, 7) is 4.19. The standard InChI is InChI=1S/C24H31ClF2N3O7P/c1-3-15(4-2)13-34-14-19-21(31)24(26,27)22(36-19)30-10-8-20(28-23(30)32)29-38(33)35-11-9-18(37-38)16-6-5-7-17(25)12-16/h5-8,10,12,15,18-19,21-22,31H,3-4,9,11,13-14H2,1-2H3,(H,28,29,32,33)/t18-,19+,21?,22+,38-/m0/s1. The predicted octanol–water partition coefficient (Wildman–Crippen LogP) is 4.94. The Morgan fingerprint density at radius 2 is 2.11 bits per heavy atom. The molecule has 1 aromatic carbocycles. The molecule has 10 nitrogen and oxygen atoms in total. The van der Waals surface area contributed by atoms with Gasteiger partial charge in [-0.05, 0) is 29.7 Å². The number of aliphatic hydroxyl groups is 1. The van der Waals surface area contributed by atoms with Crippen LogP contribution in [-0.4, -0.2) is 52.6 Å². The van der Waals surface area contributed by atoms with Gasteiger partial charge in [-0.15, -0.1) is 0 Å². The first-order valence-corrected chi connectivity index (χ1v) is 14.3. The molecule has 1 unspecified atom stereocenters. The fourth-order valence-electron chi connectivity index (χ4n) is 4.30. The van der Waals surface area contributed by atoms with Crippen molar-refractivity contribution in [2.45, 2.75) is 63.6 Å². The minimum atomic E-state index is -3.94. The molecular weight excluding hydrogens is 547 g/mol. The third-order valence-corrected chi connectivity index (χ3v) is 8.42. The van der Waals surface area contributed by atoms with Gasteiger partial charge in [0.2, 0.25) is 6.23 Å². The second kappa shape index (κ2) is 12.1. The summed E-state index contributed by atoms with van der Waals surface area (Å²) in [7, 11) is -3.94. The highest BCUT2D eigenvalue weighted by atomic mass is 35.5. The molecule has 0 saturated carbocycles. The number of hydrogen-bond acceptors (Lipinski definition) is 8. The molecule has 2 fully saturated rings. The number of alkyl halides is 2. The van der Waals surface area contributed by atoms with Crippen molar-refractivity contribution in [1.82, 2.24) is 9.55 Å². The van der Waals surface area contributed by atoms with E-state index in [1.54, 1.807) is 24.3 Å². The average molecular weight is 578 g/mol. The zero-order valence-electron chi connectivity index (χ0n) is 21.0. The number of halogens is 3. The van der Waals surface area contributed by atoms with Gasteiger partial charge in [-0.25, -0.2) is 9.36 Å². The van der Waals surface area contributed by atoms with E-state index >= 15 is 0 Å². The van der Waals surface area contributed by atoms with Gasteiger partial charge in [0.15, 0.2) is 6.10 Å². The predicted molar refractivity (Wildman–Crippen MR) is 135 cm³/mol. The fourth-order valence-corrected chi connectivity index (χ4v) is 5.99. The van der Waals surface area contributed by atoms with Crippen molar-refractivity contribution in [3.8, 4) is 0 Å². The zero-order chi connectivity index (χ0) is 27.5. The van der Waals surface area contributed by atoms with Crippen LogP contribution in [0.1, 0.15) is 51.0 Å². The Hall–Kier alpha value is -1.92. The quantitative estimate of drug-likeness (QED) is 0.378. The van der Waals surface area contributed by atoms with Gasteiger partial charge in [0.05, 0.1) is 19.3 Å². The first-order chi connectivity index (χ1) is 18.1. The molecule has 14 heteroatoms. The topological polar surface area (TPSA) is 121 Å². The maximum atomic E-state index is 14.9. The lowest BCUT2D eigenvalue weighted by Gasteiger charge is -2.30. The molecule has 0 spiro atoms. The molecule has 0 amide bonds. The van der Waals surface area contributed by atoms with Crippen LogP contribution in [0.4, 0.5) is 14.6 Å². The summed E-state index contributed by atoms with van der Waals surface area (Å²) in [4.78, 5) is 16.4. The number of hydrogen-bond donors (Lipinski definition) is 2. The van der Waals surface area contributed by atoms with Crippen LogP contribution in [0.25, 0.3) is 0 Å². The van der Waals surface area contributed by atoms with E-state index < -0.39 is 43.9 Å². The smallest absolute Gasteiger partial charge is 0.384 e. The van der Waals surface area contributed by atoms with Crippen molar-refractivity contribution in [3.05, 3.63) is 57.6 Å². The highest BCUT2D eigenvalue weighted by molar-refractivity contribution is 7.55. The fraction of sp³-hybridized carbons (Fsp3) is 0.583. The largest absolute Gasteiger partial charge is 0.434 e. The average Bonchev–Trinajstić information content (AvgIpc) is 3.10. The Bertz CT molecular complexity index is 1220. The third kappa shape index (κ3) is 6.44. The number of benzene rings is 1. The summed E-state index contributed by atoms with van der Waals surface area (Å²) in [5.74, 6) is -3.72. The molecule has 1 aromatic heterocycles. The van der Waals surface area contributed by atoms with Gasteiger partial charge in [-0.2, -0.15) is 13.8 Å². The van der Waals surface area contributed by atoms with Crippen molar-refractivity contribution in [3.63, 3.8) is 0 Å². The van der Waals surface area contributed by atoms with E-state index in [1.807, 2.05) is 13.8 Å². The lowest BCUT2D eigenvalue weighted by molar-refractivity contribution is -0.141. The van der Waals surface area contributed by atoms with Crippen molar-refractivity contribution in [2.24, 2.45) is 5.92 Å². The Morgan fingerprint density at radius 3 is 2.79 bits per heavy atom. The number of rotatable bonds is 10. The van der Waals surface area contributed by atoms with Gasteiger partial charge < -0.3 is 14.6 Å². The van der Waals surface area contributed by atoms with Gasteiger partial charge in [-0.3, -0.25) is 18.7 Å². The van der Waals surface area contributed by atoms with Gasteiger partial charge in [0.1, 0.15) is 11.9 Å². The van der Waals surface area contributed by atoms with Gasteiger partial charge >= 0.3 is 19.4 Å². The Labute approximate surface area is 223 Å². The molecule has 4 rings (SSSR count). The van der Waals surface area contributed by atoms with E-state index in [0.29, 0.717) is 28.2 Å². The minimum Gasteiger partial charge on any atom is -0.384 e. The molecule has 210 valence electrons. The molecule has 2 aromatic rings. The first kappa shape index (κ1) is 29.1. The van der Waals surface area contributed by atoms with E-state index in [1.165, 1.54) is 6.07 Å². The molecule has 0 aliphatic carbocycles. The second-order valence-electron chi connectivity index (χ2n) is 9.25. The Morgan fingerprint density at radius 1 is 1.34 bits per heavy atom. The van der Waals surface area contributed by atoms with Crippen LogP contribution < -0.4 is 10.8 Å². The van der Waals surface area contributed by atoms with Gasteiger partial charge in [0.25, 0.3) is 0 Å². The summed E-state index contributed by atoms with van der Waals surface area (Å²) in [5.41, 5.74) is -0.413. The molecule has 0 radical (unpaired) electrons. The summed E-state index contributed by atoms with van der Waals surface area (Å²) in [6, 6.07) is 8.05. The van der Waals surface area contributed by atoms with Crippen molar-refractivity contribution in [1.29, 1.82) is 0 Å². The summed E-state index contributed by atoms with van der Waals surface area (Å²) in [5, 5.41) is 13.1. The van der Waals surface area contributed by atoms with Crippen LogP contribution in [-0.2, 0) is 23.1 Å². The third-order valence-electron chi connectivity index (χ3n) is 6.63. The molecule has 3 heterocycles. The molecular formula is C24H31ClF2N3O7P. The van der Waals surface area contributed by atoms with Gasteiger partial charge in [-0.1, -0.05) is 50.4 Å². The van der Waals surface area contributed by atoms with Crippen LogP contribution in [0.5, 0.6) is 0 Å². The van der Waals surface area contributed by atoms with Crippen molar-refractivity contribution in [2.75, 3.05) is 24.9 Å². The number of nitrogens with one attached hydrogen (secondary N) is 1. The molecule has 2 aliphatic rings. The van der Waals surface area contributed by atoms with Crippen molar-refractivity contribution < 1.29 is 37.0 Å². The maximum Gasteiger partial charge on any atom is 0.434 e. The number of ether oxygens (including phenoxy) is 2. The van der Waals surface area contributed by atoms with Crippen LogP contribution in [0, 0.1) is 5.92 Å². The normalized spacial score (nSPS) is 29.0. The lowest BCUT2D eigenvalue weighted by atomic mass is 10.1. The molecule has 2 saturated heterocycles. The molecule has 38 heavy (non-hydrogen) atoms. The van der Waals surface area contributed by atoms with E-state index in [-0.39, 0.29) is 24.9 Å². The number of aliphatic hydroxyl groups excluding tert-OH is 1. The molecule has 2 aliphatic heterocycles. The van der Waals surface area contributed by atoms with E-state index in [9.17, 15) is 23.2 Å². The number of aromatic nitrogens is 2. The van der Waals surface area contributed by atoms with E-state index in [2.05, 4.69) is 10.1 Å². The van der Waals surface area contributed by atoms with Crippen LogP contribution in [0.2, 0.25) is 5.02 Å². The van der Waals surface area contributed by atoms with E-state index in [0.717, 1.165) is 19.0 Å². The number of anilines is 1. The molecule has 2 N–H and O–H groups in total. The van der Waals surface area contributed by atoms with Crippen LogP contribution in [0.3, 0.4) is 0 Å². The van der Waals surface area contributed by atoms with Crippen LogP contribution >= 0.6 is 19.3 Å². The maximum absolute atomic E-state index is 14.9. The molecule has 5 atom stereocenters. The SMILES string of the molecule is CCC(CC)COC[C@H]1O[C@@H](n2ccc(N[P@]3(=O)OCC[C@@H](c4cccc(Cl)c4)O3)nc2=O)C(F)(F)C1O. The summed E-state index contributed by atoms with van der Waals surface area (Å²) in [6.07, 6.45) is -3.03. The highest BCUT2D eigenvalue weighted by Crippen LogP contribution is 2.55. The zero-order valence-corrected chi connectivity index (χ0v) is 22.6.